The maximum Gasteiger partial charge on any atom is 0.460 e. The number of hydrogen-bond donors (Lipinski definition) is 2. The predicted octanol–water partition coefficient (Wildman–Crippen LogP) is 5.03. The van der Waals surface area contributed by atoms with Gasteiger partial charge in [0.25, 0.3) is 10.0 Å². The van der Waals surface area contributed by atoms with Crippen molar-refractivity contribution in [2.24, 2.45) is 0 Å². The van der Waals surface area contributed by atoms with Gasteiger partial charge in [-0.05, 0) is 12.0 Å². The Labute approximate surface area is 229 Å². The number of nitrogens with one attached hydrogen (secondary N) is 2. The fourth-order valence-electron chi connectivity index (χ4n) is 2.98. The van der Waals surface area contributed by atoms with E-state index in [-0.39, 0.29) is 5.56 Å². The minimum Gasteiger partial charge on any atom is -0.213 e. The van der Waals surface area contributed by atoms with Crippen LogP contribution in [0.25, 0.3) is 0 Å². The first-order chi connectivity index (χ1) is 18.7. The van der Waals surface area contributed by atoms with Crippen molar-refractivity contribution in [2.45, 2.75) is 59.4 Å². The van der Waals surface area contributed by atoms with E-state index in [1.54, 1.807) is 4.72 Å². The number of rotatable bonds is 14. The fraction of sp³-hybridized carbons (Fsp3) is 0.667. The molecule has 252 valence electrons. The molecule has 0 aliphatic carbocycles. The minimum absolute atomic E-state index is 0.0740. The molecule has 0 aromatic heterocycles. The maximum absolute atomic E-state index is 14.2. The molecule has 0 saturated carbocycles. The number of benzene rings is 1. The zero-order valence-corrected chi connectivity index (χ0v) is 21.9. The second-order valence-corrected chi connectivity index (χ2v) is 12.2. The first kappa shape index (κ1) is 38.9. The topological polar surface area (TPSA) is 92.3 Å². The Kier molecular flexibility index (Phi) is 10.2. The lowest BCUT2D eigenvalue weighted by molar-refractivity contribution is -0.458. The second kappa shape index (κ2) is 11.3. The lowest BCUT2D eigenvalue weighted by Crippen LogP contribution is -2.75. The fourth-order valence-corrected chi connectivity index (χ4v) is 4.82. The van der Waals surface area contributed by atoms with Crippen molar-refractivity contribution in [2.75, 3.05) is 12.8 Å². The Hall–Kier alpha value is -2.15. The van der Waals surface area contributed by atoms with Crippen LogP contribution in [-0.4, -0.2) is 82.6 Å². The molecule has 25 heteroatoms. The summed E-state index contributed by atoms with van der Waals surface area (Å²) in [4.78, 5) is 0. The summed E-state index contributed by atoms with van der Waals surface area (Å²) >= 11 is 0. The molecule has 0 aliphatic rings. The Morgan fingerprint density at radius 1 is 0.605 bits per heavy atom. The van der Waals surface area contributed by atoms with Crippen LogP contribution < -0.4 is 9.44 Å². The van der Waals surface area contributed by atoms with Crippen molar-refractivity contribution in [3.8, 4) is 0 Å². The first-order valence-electron chi connectivity index (χ1n) is 10.4. The molecule has 0 heterocycles. The molecule has 6 nitrogen and oxygen atoms in total. The molecule has 0 radical (unpaired) electrons. The van der Waals surface area contributed by atoms with Crippen molar-refractivity contribution in [1.82, 2.24) is 9.44 Å². The average molecular weight is 710 g/mol. The van der Waals surface area contributed by atoms with Gasteiger partial charge in [-0.25, -0.2) is 26.3 Å². The molecule has 0 fully saturated rings. The van der Waals surface area contributed by atoms with Crippen LogP contribution in [0.1, 0.15) is 5.56 Å². The van der Waals surface area contributed by atoms with Crippen LogP contribution >= 0.6 is 0 Å². The summed E-state index contributed by atoms with van der Waals surface area (Å²) in [6.07, 6.45) is -8.22. The molecule has 1 aromatic carbocycles. The van der Waals surface area contributed by atoms with E-state index in [1.807, 2.05) is 0 Å². The van der Waals surface area contributed by atoms with Gasteiger partial charge in [0.1, 0.15) is 0 Å². The SMILES string of the molecule is CS(=O)(=O)N[C@H](CNS(=O)(=O)C(F)(F)C(F)(F)C(F)(F)C(F)(F)C(F)(F)C(F)(F)C(F)(F)C(F)(F)F)Cc1ccccc1. The van der Waals surface area contributed by atoms with Gasteiger partial charge in [-0.2, -0.15) is 74.6 Å². The number of sulfonamides is 2. The average Bonchev–Trinajstić information content (AvgIpc) is 2.80. The summed E-state index contributed by atoms with van der Waals surface area (Å²) in [5, 5.41) is -7.76. The van der Waals surface area contributed by atoms with Gasteiger partial charge in [-0.3, -0.25) is 0 Å². The quantitative estimate of drug-likeness (QED) is 0.265. The molecule has 1 rings (SSSR count). The van der Waals surface area contributed by atoms with Crippen molar-refractivity contribution < 1.29 is 91.5 Å². The summed E-state index contributed by atoms with van der Waals surface area (Å²) in [6.45, 7) is -1.79. The van der Waals surface area contributed by atoms with Crippen molar-refractivity contribution in [3.63, 3.8) is 0 Å². The van der Waals surface area contributed by atoms with E-state index in [1.165, 1.54) is 30.3 Å². The van der Waals surface area contributed by atoms with Gasteiger partial charge in [-0.15, -0.1) is 0 Å². The Morgan fingerprint density at radius 2 is 0.977 bits per heavy atom. The highest BCUT2D eigenvalue weighted by atomic mass is 32.2. The van der Waals surface area contributed by atoms with Crippen LogP contribution in [0.3, 0.4) is 0 Å². The van der Waals surface area contributed by atoms with E-state index in [4.69, 9.17) is 0 Å². The third kappa shape index (κ3) is 6.62. The van der Waals surface area contributed by atoms with Crippen LogP contribution in [0, 0.1) is 0 Å². The van der Waals surface area contributed by atoms with Crippen LogP contribution in [0.2, 0.25) is 0 Å². The standard InChI is InChI=1S/C18H15F17N2O4S2/c1-42(38,39)37-10(7-9-5-3-2-4-6-9)8-36-43(40,41)18(34,35)16(29,30)14(25,26)12(21,22)11(19,20)13(23,24)15(27,28)17(31,32)33/h2-6,10,36-37H,7-8H2,1H3/t10-/m0/s1. The van der Waals surface area contributed by atoms with E-state index in [0.29, 0.717) is 11.0 Å². The van der Waals surface area contributed by atoms with Gasteiger partial charge in [0.2, 0.25) is 10.0 Å². The number of hydrogen-bond acceptors (Lipinski definition) is 4. The number of alkyl halides is 17. The molecule has 1 aromatic rings. The molecule has 0 amide bonds. The zero-order valence-electron chi connectivity index (χ0n) is 20.3. The molecular weight excluding hydrogens is 695 g/mol. The van der Waals surface area contributed by atoms with Crippen LogP contribution in [-0.2, 0) is 26.5 Å². The van der Waals surface area contributed by atoms with Gasteiger partial charge in [0, 0.05) is 12.6 Å². The minimum atomic E-state index is -8.95. The summed E-state index contributed by atoms with van der Waals surface area (Å²) in [5.41, 5.74) is 0.0740. The largest absolute Gasteiger partial charge is 0.460 e. The molecule has 2 N–H and O–H groups in total. The molecule has 0 unspecified atom stereocenters. The highest BCUT2D eigenvalue weighted by molar-refractivity contribution is 7.90. The Balaban J connectivity index is 3.55. The third-order valence-corrected chi connectivity index (χ3v) is 7.50. The van der Waals surface area contributed by atoms with Gasteiger partial charge in [0.15, 0.2) is 0 Å². The summed E-state index contributed by atoms with van der Waals surface area (Å²) in [7, 11) is -12.0. The first-order valence-corrected chi connectivity index (χ1v) is 13.7. The smallest absolute Gasteiger partial charge is 0.213 e. The molecule has 0 aliphatic heterocycles. The molecular formula is C18H15F17N2O4S2. The maximum atomic E-state index is 14.2. The Bertz CT molecular complexity index is 1350. The van der Waals surface area contributed by atoms with E-state index in [9.17, 15) is 91.5 Å². The normalized spacial score (nSPS) is 16.3. The molecule has 1 atom stereocenters. The molecule has 43 heavy (non-hydrogen) atoms. The molecule has 0 spiro atoms. The predicted molar refractivity (Wildman–Crippen MR) is 110 cm³/mol. The van der Waals surface area contributed by atoms with Crippen molar-refractivity contribution >= 4 is 20.0 Å². The zero-order chi connectivity index (χ0) is 34.5. The molecule has 0 saturated heterocycles. The van der Waals surface area contributed by atoms with E-state index < -0.39 is 86.0 Å². The lowest BCUT2D eigenvalue weighted by Gasteiger charge is -2.42. The van der Waals surface area contributed by atoms with Gasteiger partial charge < -0.3 is 0 Å². The van der Waals surface area contributed by atoms with Gasteiger partial charge >= 0.3 is 47.0 Å². The molecule has 0 bridgehead atoms. The van der Waals surface area contributed by atoms with Gasteiger partial charge in [0.05, 0.1) is 6.26 Å². The lowest BCUT2D eigenvalue weighted by atomic mass is 9.91. The summed E-state index contributed by atoms with van der Waals surface area (Å²) < 4.78 is 276. The van der Waals surface area contributed by atoms with E-state index >= 15 is 0 Å². The third-order valence-electron chi connectivity index (χ3n) is 5.26. The van der Waals surface area contributed by atoms with Crippen LogP contribution in [0.15, 0.2) is 30.3 Å². The van der Waals surface area contributed by atoms with Crippen molar-refractivity contribution in [3.05, 3.63) is 35.9 Å². The van der Waals surface area contributed by atoms with Crippen molar-refractivity contribution in [1.29, 1.82) is 0 Å². The van der Waals surface area contributed by atoms with E-state index in [0.717, 1.165) is 0 Å². The van der Waals surface area contributed by atoms with E-state index in [2.05, 4.69) is 0 Å². The van der Waals surface area contributed by atoms with Gasteiger partial charge in [-0.1, -0.05) is 30.3 Å². The highest BCUT2D eigenvalue weighted by Crippen LogP contribution is 2.64. The Morgan fingerprint density at radius 3 is 1.35 bits per heavy atom. The highest BCUT2D eigenvalue weighted by Gasteiger charge is 2.96. The van der Waals surface area contributed by atoms with Crippen LogP contribution in [0.4, 0.5) is 74.6 Å². The second-order valence-electron chi connectivity index (χ2n) is 8.59. The summed E-state index contributed by atoms with van der Waals surface area (Å²) in [6, 6.07) is 4.42. The van der Waals surface area contributed by atoms with Crippen LogP contribution in [0.5, 0.6) is 0 Å². The number of halogens is 17. The summed E-state index contributed by atoms with van der Waals surface area (Å²) in [5.74, 6) is -52.2. The monoisotopic (exact) mass is 710 g/mol.